The van der Waals surface area contributed by atoms with Gasteiger partial charge < -0.3 is 20.1 Å². The van der Waals surface area contributed by atoms with Crippen molar-refractivity contribution in [2.45, 2.75) is 18.9 Å². The van der Waals surface area contributed by atoms with Crippen LogP contribution in [0.3, 0.4) is 0 Å². The van der Waals surface area contributed by atoms with Crippen LogP contribution in [0.5, 0.6) is 5.75 Å². The molecule has 0 aliphatic carbocycles. The molecule has 6 nitrogen and oxygen atoms in total. The van der Waals surface area contributed by atoms with Crippen LogP contribution in [0.1, 0.15) is 23.2 Å². The Morgan fingerprint density at radius 2 is 1.93 bits per heavy atom. The lowest BCUT2D eigenvalue weighted by Gasteiger charge is -2.12. The van der Waals surface area contributed by atoms with E-state index in [9.17, 15) is 9.59 Å². The lowest BCUT2D eigenvalue weighted by Crippen LogP contribution is -2.33. The first kappa shape index (κ1) is 19.6. The molecule has 0 spiro atoms. The first-order chi connectivity index (χ1) is 13.1. The van der Waals surface area contributed by atoms with Gasteiger partial charge in [0.2, 0.25) is 5.91 Å². The van der Waals surface area contributed by atoms with Crippen molar-refractivity contribution in [1.82, 2.24) is 5.32 Å². The van der Waals surface area contributed by atoms with Gasteiger partial charge in [0, 0.05) is 15.9 Å². The number of anilines is 1. The van der Waals surface area contributed by atoms with E-state index < -0.39 is 0 Å². The summed E-state index contributed by atoms with van der Waals surface area (Å²) in [6.07, 6.45) is 2.28. The zero-order valence-electron chi connectivity index (χ0n) is 14.7. The molecule has 0 aromatic heterocycles. The number of carbonyl (C=O) groups is 2. The Hall–Kier alpha value is -2.13. The summed E-state index contributed by atoms with van der Waals surface area (Å²) in [6.45, 7) is 1.25. The van der Waals surface area contributed by atoms with Gasteiger partial charge in [0.1, 0.15) is 12.4 Å². The summed E-state index contributed by atoms with van der Waals surface area (Å²) < 4.78 is 12.1. The van der Waals surface area contributed by atoms with Crippen molar-refractivity contribution in [3.8, 4) is 5.75 Å². The highest BCUT2D eigenvalue weighted by molar-refractivity contribution is 14.1. The third kappa shape index (κ3) is 5.93. The average molecular weight is 480 g/mol. The molecule has 1 fully saturated rings. The van der Waals surface area contributed by atoms with Gasteiger partial charge in [-0.05, 0) is 71.8 Å². The van der Waals surface area contributed by atoms with Crippen LogP contribution in [0.4, 0.5) is 5.69 Å². The molecule has 0 saturated carbocycles. The maximum absolute atomic E-state index is 12.1. The van der Waals surface area contributed by atoms with Crippen LogP contribution in [-0.2, 0) is 9.53 Å². The molecule has 1 unspecified atom stereocenters. The predicted molar refractivity (Wildman–Crippen MR) is 111 cm³/mol. The van der Waals surface area contributed by atoms with Crippen LogP contribution in [0.15, 0.2) is 48.5 Å². The van der Waals surface area contributed by atoms with Gasteiger partial charge in [-0.1, -0.05) is 12.1 Å². The monoisotopic (exact) mass is 480 g/mol. The molecular weight excluding hydrogens is 459 g/mol. The van der Waals surface area contributed by atoms with E-state index in [1.807, 2.05) is 12.1 Å². The van der Waals surface area contributed by atoms with Crippen molar-refractivity contribution in [1.29, 1.82) is 0 Å². The molecule has 1 atom stereocenters. The molecule has 2 amide bonds. The molecule has 7 heteroatoms. The van der Waals surface area contributed by atoms with E-state index in [1.54, 1.807) is 36.4 Å². The highest BCUT2D eigenvalue weighted by atomic mass is 127. The van der Waals surface area contributed by atoms with E-state index in [-0.39, 0.29) is 24.5 Å². The van der Waals surface area contributed by atoms with Gasteiger partial charge in [-0.25, -0.2) is 0 Å². The minimum atomic E-state index is -0.290. The summed E-state index contributed by atoms with van der Waals surface area (Å²) in [5.41, 5.74) is 1.20. The number of amides is 2. The van der Waals surface area contributed by atoms with Crippen LogP contribution < -0.4 is 15.4 Å². The summed E-state index contributed by atoms with van der Waals surface area (Å²) in [4.78, 5) is 24.2. The van der Waals surface area contributed by atoms with Crippen molar-refractivity contribution in [3.05, 3.63) is 57.7 Å². The number of carbonyl (C=O) groups excluding carboxylic acids is 2. The second-order valence-corrected chi connectivity index (χ2v) is 7.34. The zero-order chi connectivity index (χ0) is 19.1. The van der Waals surface area contributed by atoms with Gasteiger partial charge in [0.15, 0.2) is 0 Å². The van der Waals surface area contributed by atoms with Gasteiger partial charge in [-0.15, -0.1) is 0 Å². The van der Waals surface area contributed by atoms with Gasteiger partial charge >= 0.3 is 0 Å². The molecule has 0 bridgehead atoms. The number of ether oxygens (including phenoxy) is 2. The fourth-order valence-corrected chi connectivity index (χ4v) is 3.34. The van der Waals surface area contributed by atoms with Crippen LogP contribution >= 0.6 is 22.6 Å². The summed E-state index contributed by atoms with van der Waals surface area (Å²) >= 11 is 2.09. The first-order valence-electron chi connectivity index (χ1n) is 8.79. The van der Waals surface area contributed by atoms with E-state index in [0.29, 0.717) is 17.9 Å². The number of hydrogen-bond acceptors (Lipinski definition) is 4. The molecule has 3 rings (SSSR count). The van der Waals surface area contributed by atoms with E-state index in [2.05, 4.69) is 33.2 Å². The first-order valence-corrected chi connectivity index (χ1v) is 9.87. The molecule has 1 aliphatic heterocycles. The molecular formula is C20H21IN2O4. The van der Waals surface area contributed by atoms with Crippen LogP contribution in [-0.4, -0.2) is 37.7 Å². The Kier molecular flexibility index (Phi) is 7.05. The molecule has 1 aliphatic rings. The second kappa shape index (κ2) is 9.70. The van der Waals surface area contributed by atoms with Gasteiger partial charge in [0.25, 0.3) is 5.91 Å². The van der Waals surface area contributed by atoms with Crippen LogP contribution in [0.2, 0.25) is 0 Å². The summed E-state index contributed by atoms with van der Waals surface area (Å²) in [6, 6.07) is 14.4. The normalized spacial score (nSPS) is 16.0. The molecule has 1 heterocycles. The van der Waals surface area contributed by atoms with Gasteiger partial charge in [-0.2, -0.15) is 0 Å². The maximum atomic E-state index is 12.1. The van der Waals surface area contributed by atoms with Crippen molar-refractivity contribution in [2.75, 3.05) is 25.1 Å². The maximum Gasteiger partial charge on any atom is 0.252 e. The van der Waals surface area contributed by atoms with Gasteiger partial charge in [-0.3, -0.25) is 9.59 Å². The quantitative estimate of drug-likeness (QED) is 0.597. The van der Waals surface area contributed by atoms with Gasteiger partial charge in [0.05, 0.1) is 18.2 Å². The summed E-state index contributed by atoms with van der Waals surface area (Å²) in [5, 5.41) is 5.38. The minimum Gasteiger partial charge on any atom is -0.491 e. The van der Waals surface area contributed by atoms with Crippen molar-refractivity contribution in [3.63, 3.8) is 0 Å². The van der Waals surface area contributed by atoms with Crippen molar-refractivity contribution in [2.24, 2.45) is 0 Å². The molecule has 27 heavy (non-hydrogen) atoms. The standard InChI is InChI=1S/C20H21IN2O4/c21-18-6-2-1-5-17(18)20(25)22-12-19(24)23-14-7-9-15(10-8-14)27-13-16-4-3-11-26-16/h1-2,5-10,16H,3-4,11-13H2,(H,22,25)(H,23,24). The molecule has 2 N–H and O–H groups in total. The highest BCUT2D eigenvalue weighted by Crippen LogP contribution is 2.18. The Balaban J connectivity index is 1.43. The number of benzene rings is 2. The van der Waals surface area contributed by atoms with Crippen molar-refractivity contribution >= 4 is 40.1 Å². The smallest absolute Gasteiger partial charge is 0.252 e. The molecule has 2 aromatic rings. The Bertz CT molecular complexity index is 789. The third-order valence-electron chi connectivity index (χ3n) is 4.13. The Labute approximate surface area is 171 Å². The summed E-state index contributed by atoms with van der Waals surface area (Å²) in [5.74, 6) is 0.172. The molecule has 1 saturated heterocycles. The number of halogens is 1. The fraction of sp³-hybridized carbons (Fsp3) is 0.300. The van der Waals surface area contributed by atoms with E-state index >= 15 is 0 Å². The Morgan fingerprint density at radius 1 is 1.15 bits per heavy atom. The SMILES string of the molecule is O=C(CNC(=O)c1ccccc1I)Nc1ccc(OCC2CCCO2)cc1. The second-order valence-electron chi connectivity index (χ2n) is 6.18. The lowest BCUT2D eigenvalue weighted by molar-refractivity contribution is -0.115. The summed E-state index contributed by atoms with van der Waals surface area (Å²) in [7, 11) is 0. The van der Waals surface area contributed by atoms with E-state index in [1.165, 1.54) is 0 Å². The van der Waals surface area contributed by atoms with Crippen molar-refractivity contribution < 1.29 is 19.1 Å². The minimum absolute atomic E-state index is 0.0962. The lowest BCUT2D eigenvalue weighted by atomic mass is 10.2. The zero-order valence-corrected chi connectivity index (χ0v) is 16.9. The third-order valence-corrected chi connectivity index (χ3v) is 5.07. The molecule has 2 aromatic carbocycles. The highest BCUT2D eigenvalue weighted by Gasteiger charge is 2.16. The van der Waals surface area contributed by atoms with Crippen LogP contribution in [0, 0.1) is 3.57 Å². The topological polar surface area (TPSA) is 76.7 Å². The number of nitrogens with one attached hydrogen (secondary N) is 2. The molecule has 142 valence electrons. The van der Waals surface area contributed by atoms with E-state index in [0.717, 1.165) is 28.8 Å². The predicted octanol–water partition coefficient (Wildman–Crippen LogP) is 3.22. The van der Waals surface area contributed by atoms with E-state index in [4.69, 9.17) is 9.47 Å². The fourth-order valence-electron chi connectivity index (χ4n) is 2.71. The van der Waals surface area contributed by atoms with Crippen LogP contribution in [0.25, 0.3) is 0 Å². The number of rotatable bonds is 7. The number of hydrogen-bond donors (Lipinski definition) is 2. The Morgan fingerprint density at radius 3 is 2.63 bits per heavy atom. The largest absolute Gasteiger partial charge is 0.491 e. The molecule has 0 radical (unpaired) electrons. The average Bonchev–Trinajstić information content (AvgIpc) is 3.19.